The molecular formula is C24H19ClN4O2. The SMILES string of the molecule is COc1ccc(/C=N/n2cc(-c3ccccc3)nc2N=Cc2cc(Cl)ccc2O)cc1. The number of aromatic nitrogens is 2. The van der Waals surface area contributed by atoms with Gasteiger partial charge in [-0.15, -0.1) is 0 Å². The van der Waals surface area contributed by atoms with Crippen LogP contribution in [-0.2, 0) is 0 Å². The number of hydrogen-bond acceptors (Lipinski definition) is 5. The Morgan fingerprint density at radius 3 is 2.52 bits per heavy atom. The van der Waals surface area contributed by atoms with E-state index in [1.807, 2.05) is 54.6 Å². The van der Waals surface area contributed by atoms with E-state index in [0.717, 1.165) is 22.6 Å². The average Bonchev–Trinajstić information content (AvgIpc) is 3.22. The Bertz CT molecular complexity index is 1230. The average molecular weight is 431 g/mol. The van der Waals surface area contributed by atoms with Crippen LogP contribution in [-0.4, -0.2) is 34.3 Å². The molecule has 0 aliphatic rings. The van der Waals surface area contributed by atoms with Gasteiger partial charge in [-0.25, -0.2) is 14.7 Å². The molecule has 0 spiro atoms. The molecule has 1 N–H and O–H groups in total. The van der Waals surface area contributed by atoms with Crippen molar-refractivity contribution < 1.29 is 9.84 Å². The third-order valence-electron chi connectivity index (χ3n) is 4.50. The molecule has 3 aromatic carbocycles. The smallest absolute Gasteiger partial charge is 0.251 e. The van der Waals surface area contributed by atoms with Gasteiger partial charge in [-0.05, 0) is 48.0 Å². The predicted octanol–water partition coefficient (Wildman–Crippen LogP) is 5.55. The molecule has 0 radical (unpaired) electrons. The maximum Gasteiger partial charge on any atom is 0.251 e. The second-order valence-corrected chi connectivity index (χ2v) is 7.05. The van der Waals surface area contributed by atoms with Gasteiger partial charge in [-0.1, -0.05) is 41.9 Å². The molecule has 0 bridgehead atoms. The normalized spacial score (nSPS) is 11.4. The van der Waals surface area contributed by atoms with Crippen LogP contribution in [0.3, 0.4) is 0 Å². The molecule has 4 rings (SSSR count). The van der Waals surface area contributed by atoms with Crippen molar-refractivity contribution in [3.63, 3.8) is 0 Å². The van der Waals surface area contributed by atoms with E-state index in [1.54, 1.807) is 36.3 Å². The minimum absolute atomic E-state index is 0.0799. The molecule has 0 unspecified atom stereocenters. The van der Waals surface area contributed by atoms with Gasteiger partial charge in [0, 0.05) is 22.4 Å². The highest BCUT2D eigenvalue weighted by Crippen LogP contribution is 2.24. The lowest BCUT2D eigenvalue weighted by atomic mass is 10.2. The highest BCUT2D eigenvalue weighted by molar-refractivity contribution is 6.30. The lowest BCUT2D eigenvalue weighted by molar-refractivity contribution is 0.415. The van der Waals surface area contributed by atoms with E-state index in [0.29, 0.717) is 16.5 Å². The van der Waals surface area contributed by atoms with E-state index in [4.69, 9.17) is 16.3 Å². The first kappa shape index (κ1) is 20.4. The third-order valence-corrected chi connectivity index (χ3v) is 4.73. The fraction of sp³-hybridized carbons (Fsp3) is 0.0417. The molecule has 1 aromatic heterocycles. The van der Waals surface area contributed by atoms with Crippen LogP contribution < -0.4 is 4.74 Å². The summed E-state index contributed by atoms with van der Waals surface area (Å²) in [4.78, 5) is 9.04. The number of imidazole rings is 1. The molecule has 0 amide bonds. The van der Waals surface area contributed by atoms with Crippen molar-refractivity contribution in [3.05, 3.63) is 95.1 Å². The second-order valence-electron chi connectivity index (χ2n) is 6.62. The topological polar surface area (TPSA) is 72.0 Å². The van der Waals surface area contributed by atoms with Crippen LogP contribution in [0.1, 0.15) is 11.1 Å². The summed E-state index contributed by atoms with van der Waals surface area (Å²) in [7, 11) is 1.63. The lowest BCUT2D eigenvalue weighted by Crippen LogP contribution is -1.90. The fourth-order valence-corrected chi connectivity index (χ4v) is 3.04. The van der Waals surface area contributed by atoms with Crippen molar-refractivity contribution in [2.75, 3.05) is 7.11 Å². The minimum atomic E-state index is 0.0799. The van der Waals surface area contributed by atoms with Crippen LogP contribution in [0, 0.1) is 0 Å². The predicted molar refractivity (Wildman–Crippen MR) is 124 cm³/mol. The van der Waals surface area contributed by atoms with Crippen molar-refractivity contribution >= 4 is 30.0 Å². The Hall–Kier alpha value is -3.90. The molecule has 7 heteroatoms. The van der Waals surface area contributed by atoms with E-state index in [-0.39, 0.29) is 5.75 Å². The van der Waals surface area contributed by atoms with E-state index in [9.17, 15) is 5.11 Å². The molecular weight excluding hydrogens is 412 g/mol. The molecule has 0 aliphatic carbocycles. The van der Waals surface area contributed by atoms with Gasteiger partial charge < -0.3 is 9.84 Å². The summed E-state index contributed by atoms with van der Waals surface area (Å²) in [5.41, 5.74) is 3.07. The van der Waals surface area contributed by atoms with Crippen LogP contribution in [0.5, 0.6) is 11.5 Å². The van der Waals surface area contributed by atoms with E-state index in [2.05, 4.69) is 15.1 Å². The van der Waals surface area contributed by atoms with Gasteiger partial charge in [-0.2, -0.15) is 5.10 Å². The van der Waals surface area contributed by atoms with E-state index < -0.39 is 0 Å². The number of phenols is 1. The Balaban J connectivity index is 1.70. The summed E-state index contributed by atoms with van der Waals surface area (Å²) >= 11 is 6.03. The first-order valence-electron chi connectivity index (χ1n) is 9.48. The molecule has 1 heterocycles. The number of aromatic hydroxyl groups is 1. The van der Waals surface area contributed by atoms with Crippen LogP contribution in [0.4, 0.5) is 5.95 Å². The van der Waals surface area contributed by atoms with Crippen molar-refractivity contribution in [1.82, 2.24) is 9.66 Å². The number of rotatable bonds is 6. The number of aliphatic imine (C=N–C) groups is 1. The zero-order chi connectivity index (χ0) is 21.6. The molecule has 0 saturated carbocycles. The van der Waals surface area contributed by atoms with Crippen molar-refractivity contribution in [2.24, 2.45) is 10.1 Å². The zero-order valence-corrected chi connectivity index (χ0v) is 17.4. The minimum Gasteiger partial charge on any atom is -0.507 e. The fourth-order valence-electron chi connectivity index (χ4n) is 2.86. The molecule has 4 aromatic rings. The summed E-state index contributed by atoms with van der Waals surface area (Å²) in [5.74, 6) is 1.22. The molecule has 0 atom stereocenters. The van der Waals surface area contributed by atoms with Crippen molar-refractivity contribution in [1.29, 1.82) is 0 Å². The summed E-state index contributed by atoms with van der Waals surface area (Å²) in [6.07, 6.45) is 5.03. The number of halogens is 1. The van der Waals surface area contributed by atoms with Gasteiger partial charge >= 0.3 is 0 Å². The van der Waals surface area contributed by atoms with Crippen LogP contribution >= 0.6 is 11.6 Å². The molecule has 0 fully saturated rings. The zero-order valence-electron chi connectivity index (χ0n) is 16.7. The molecule has 154 valence electrons. The van der Waals surface area contributed by atoms with Crippen molar-refractivity contribution in [2.45, 2.75) is 0 Å². The van der Waals surface area contributed by atoms with Gasteiger partial charge in [0.1, 0.15) is 11.5 Å². The van der Waals surface area contributed by atoms with Gasteiger partial charge in [0.2, 0.25) is 0 Å². The monoisotopic (exact) mass is 430 g/mol. The summed E-state index contributed by atoms with van der Waals surface area (Å²) in [6.45, 7) is 0. The van der Waals surface area contributed by atoms with Gasteiger partial charge in [0.05, 0.1) is 25.2 Å². The molecule has 6 nitrogen and oxygen atoms in total. The Labute approximate surface area is 184 Å². The van der Waals surface area contributed by atoms with Crippen LogP contribution in [0.15, 0.2) is 89.1 Å². The highest BCUT2D eigenvalue weighted by Gasteiger charge is 2.09. The number of hydrogen-bond donors (Lipinski definition) is 1. The number of ether oxygens (including phenoxy) is 1. The highest BCUT2D eigenvalue weighted by atomic mass is 35.5. The number of methoxy groups -OCH3 is 1. The maximum absolute atomic E-state index is 10.0. The standard InChI is InChI=1S/C24H19ClN4O2/c1-31-21-10-7-17(8-11-21)14-27-29-16-22(18-5-3-2-4-6-18)28-24(29)26-15-19-13-20(25)9-12-23(19)30/h2-16,30H,1H3/b26-15?,27-14+. The largest absolute Gasteiger partial charge is 0.507 e. The number of phenolic OH excluding ortho intramolecular Hbond substituents is 1. The molecule has 31 heavy (non-hydrogen) atoms. The number of benzene rings is 3. The first-order valence-corrected chi connectivity index (χ1v) is 9.86. The second kappa shape index (κ2) is 9.28. The van der Waals surface area contributed by atoms with Crippen molar-refractivity contribution in [3.8, 4) is 22.8 Å². The maximum atomic E-state index is 10.0. The Morgan fingerprint density at radius 1 is 1.00 bits per heavy atom. The summed E-state index contributed by atoms with van der Waals surface area (Å²) < 4.78 is 6.77. The first-order chi connectivity index (χ1) is 15.1. The summed E-state index contributed by atoms with van der Waals surface area (Å²) in [6, 6.07) is 22.1. The van der Waals surface area contributed by atoms with Gasteiger partial charge in [0.25, 0.3) is 5.95 Å². The molecule has 0 saturated heterocycles. The van der Waals surface area contributed by atoms with Gasteiger partial charge in [0.15, 0.2) is 0 Å². The quantitative estimate of drug-likeness (QED) is 0.407. The van der Waals surface area contributed by atoms with Gasteiger partial charge in [-0.3, -0.25) is 0 Å². The molecule has 0 aliphatic heterocycles. The number of nitrogens with zero attached hydrogens (tertiary/aromatic N) is 4. The Morgan fingerprint density at radius 2 is 1.77 bits per heavy atom. The third kappa shape index (κ3) is 4.99. The van der Waals surface area contributed by atoms with Crippen LogP contribution in [0.25, 0.3) is 11.3 Å². The lowest BCUT2D eigenvalue weighted by Gasteiger charge is -2.00. The Kier molecular flexibility index (Phi) is 6.10. The van der Waals surface area contributed by atoms with Crippen LogP contribution in [0.2, 0.25) is 5.02 Å². The summed E-state index contributed by atoms with van der Waals surface area (Å²) in [5, 5.41) is 15.1. The van der Waals surface area contributed by atoms with E-state index in [1.165, 1.54) is 12.3 Å². The van der Waals surface area contributed by atoms with E-state index >= 15 is 0 Å².